The Bertz CT molecular complexity index is 1350. The van der Waals surface area contributed by atoms with Gasteiger partial charge in [-0.05, 0) is 36.4 Å². The molecule has 1 aliphatic rings. The molecule has 3 aromatic heterocycles. The van der Waals surface area contributed by atoms with Crippen LogP contribution in [-0.4, -0.2) is 56.2 Å². The summed E-state index contributed by atoms with van der Waals surface area (Å²) in [6.45, 7) is 3.88. The van der Waals surface area contributed by atoms with Gasteiger partial charge in [0.2, 0.25) is 5.95 Å². The van der Waals surface area contributed by atoms with Crippen molar-refractivity contribution in [3.05, 3.63) is 60.7 Å². The number of hydrogen-bond donors (Lipinski definition) is 4. The van der Waals surface area contributed by atoms with E-state index in [-0.39, 0.29) is 0 Å². The van der Waals surface area contributed by atoms with E-state index in [0.29, 0.717) is 24.0 Å². The number of para-hydroxylation sites is 2. The van der Waals surface area contributed by atoms with Crippen LogP contribution < -0.4 is 15.5 Å². The van der Waals surface area contributed by atoms with Gasteiger partial charge < -0.3 is 30.2 Å². The predicted molar refractivity (Wildman–Crippen MR) is 128 cm³/mol. The van der Waals surface area contributed by atoms with Gasteiger partial charge >= 0.3 is 0 Å². The second-order valence-electron chi connectivity index (χ2n) is 7.83. The van der Waals surface area contributed by atoms with Crippen LogP contribution in [0.15, 0.2) is 54.9 Å². The number of rotatable bonds is 6. The van der Waals surface area contributed by atoms with Gasteiger partial charge in [-0.2, -0.15) is 4.98 Å². The summed E-state index contributed by atoms with van der Waals surface area (Å²) in [5, 5.41) is 6.64. The topological polar surface area (TPSA) is 120 Å². The van der Waals surface area contributed by atoms with Gasteiger partial charge in [-0.3, -0.25) is 0 Å². The van der Waals surface area contributed by atoms with E-state index in [9.17, 15) is 0 Å². The van der Waals surface area contributed by atoms with Crippen molar-refractivity contribution in [1.29, 1.82) is 0 Å². The molecule has 10 nitrogen and oxygen atoms in total. The van der Waals surface area contributed by atoms with E-state index in [4.69, 9.17) is 4.74 Å². The molecule has 166 valence electrons. The van der Waals surface area contributed by atoms with Crippen molar-refractivity contribution in [3.63, 3.8) is 0 Å². The number of aromatic amines is 2. The van der Waals surface area contributed by atoms with E-state index in [0.717, 1.165) is 54.4 Å². The molecule has 0 bridgehead atoms. The first-order chi connectivity index (χ1) is 16.3. The number of fused-ring (bicyclic) bond motifs is 2. The molecule has 33 heavy (non-hydrogen) atoms. The first-order valence-electron chi connectivity index (χ1n) is 10.9. The van der Waals surface area contributed by atoms with Crippen LogP contribution >= 0.6 is 0 Å². The first kappa shape index (κ1) is 19.5. The zero-order valence-electron chi connectivity index (χ0n) is 17.9. The van der Waals surface area contributed by atoms with E-state index in [2.05, 4.69) is 57.6 Å². The minimum absolute atomic E-state index is 0.506. The Balaban J connectivity index is 1.17. The average molecular weight is 441 g/mol. The Labute approximate surface area is 189 Å². The largest absolute Gasteiger partial charge is 0.378 e. The van der Waals surface area contributed by atoms with Crippen molar-refractivity contribution in [1.82, 2.24) is 29.9 Å². The molecule has 0 spiro atoms. The number of imidazole rings is 2. The summed E-state index contributed by atoms with van der Waals surface area (Å²) in [6.07, 6.45) is 1.51. The number of benzene rings is 2. The quantitative estimate of drug-likeness (QED) is 0.316. The van der Waals surface area contributed by atoms with Crippen LogP contribution in [-0.2, 0) is 11.3 Å². The third-order valence-electron chi connectivity index (χ3n) is 5.66. The van der Waals surface area contributed by atoms with E-state index < -0.39 is 0 Å². The SMILES string of the molecule is c1ccc2[nH]c(CNc3ncnc4nc(Nc5ccc(N6CCOCC6)cc5)[nH]c34)nc2c1. The first-order valence-corrected chi connectivity index (χ1v) is 10.9. The summed E-state index contributed by atoms with van der Waals surface area (Å²) in [5.74, 6) is 2.11. The molecule has 1 saturated heterocycles. The number of aromatic nitrogens is 6. The van der Waals surface area contributed by atoms with Crippen molar-refractivity contribution < 1.29 is 4.74 Å². The summed E-state index contributed by atoms with van der Waals surface area (Å²) in [5.41, 5.74) is 5.40. The summed E-state index contributed by atoms with van der Waals surface area (Å²) in [7, 11) is 0. The van der Waals surface area contributed by atoms with Crippen LogP contribution in [0.5, 0.6) is 0 Å². The standard InChI is InChI=1S/C23H23N9O/c1-2-4-18-17(3-1)28-19(29-18)13-24-21-20-22(26-14-25-21)31-23(30-20)27-15-5-7-16(8-6-15)32-9-11-33-12-10-32/h1-8,14H,9-13H2,(H,28,29)(H3,24,25,26,27,30,31). The van der Waals surface area contributed by atoms with Gasteiger partial charge in [0.15, 0.2) is 11.5 Å². The van der Waals surface area contributed by atoms with Gasteiger partial charge in [0, 0.05) is 24.5 Å². The van der Waals surface area contributed by atoms with Gasteiger partial charge in [0.25, 0.3) is 0 Å². The van der Waals surface area contributed by atoms with Gasteiger partial charge in [-0.25, -0.2) is 15.0 Å². The lowest BCUT2D eigenvalue weighted by Crippen LogP contribution is -2.36. The monoisotopic (exact) mass is 441 g/mol. The zero-order valence-corrected chi connectivity index (χ0v) is 17.9. The molecule has 0 aliphatic carbocycles. The van der Waals surface area contributed by atoms with Crippen LogP contribution in [0.1, 0.15) is 5.82 Å². The lowest BCUT2D eigenvalue weighted by atomic mass is 10.2. The normalized spacial score (nSPS) is 14.1. The Kier molecular flexibility index (Phi) is 4.96. The molecule has 0 atom stereocenters. The molecule has 1 fully saturated rings. The maximum absolute atomic E-state index is 5.43. The van der Waals surface area contributed by atoms with Crippen LogP contribution in [0.25, 0.3) is 22.2 Å². The highest BCUT2D eigenvalue weighted by Crippen LogP contribution is 2.24. The fraction of sp³-hybridized carbons (Fsp3) is 0.217. The van der Waals surface area contributed by atoms with Crippen LogP contribution in [0, 0.1) is 0 Å². The summed E-state index contributed by atoms with van der Waals surface area (Å²) in [4.78, 5) is 26.8. The number of hydrogen-bond acceptors (Lipinski definition) is 8. The van der Waals surface area contributed by atoms with Crippen LogP contribution in [0.3, 0.4) is 0 Å². The van der Waals surface area contributed by atoms with Crippen molar-refractivity contribution in [2.24, 2.45) is 0 Å². The highest BCUT2D eigenvalue weighted by atomic mass is 16.5. The van der Waals surface area contributed by atoms with E-state index in [1.807, 2.05) is 36.4 Å². The van der Waals surface area contributed by atoms with Crippen molar-refractivity contribution in [2.45, 2.75) is 6.54 Å². The lowest BCUT2D eigenvalue weighted by Gasteiger charge is -2.28. The maximum Gasteiger partial charge on any atom is 0.207 e. The summed E-state index contributed by atoms with van der Waals surface area (Å²) in [6, 6.07) is 16.3. The molecule has 1 aliphatic heterocycles. The molecule has 10 heteroatoms. The smallest absolute Gasteiger partial charge is 0.207 e. The van der Waals surface area contributed by atoms with Gasteiger partial charge in [-0.15, -0.1) is 0 Å². The number of anilines is 4. The zero-order chi connectivity index (χ0) is 22.0. The number of H-pyrrole nitrogens is 2. The van der Waals surface area contributed by atoms with E-state index >= 15 is 0 Å². The number of morpholine rings is 1. The number of nitrogens with zero attached hydrogens (tertiary/aromatic N) is 5. The summed E-state index contributed by atoms with van der Waals surface area (Å²) >= 11 is 0. The molecule has 0 unspecified atom stereocenters. The Hall–Kier alpha value is -4.18. The van der Waals surface area contributed by atoms with Gasteiger partial charge in [0.1, 0.15) is 17.7 Å². The fourth-order valence-corrected chi connectivity index (χ4v) is 3.99. The van der Waals surface area contributed by atoms with Gasteiger partial charge in [-0.1, -0.05) is 12.1 Å². The van der Waals surface area contributed by atoms with Crippen molar-refractivity contribution in [3.8, 4) is 0 Å². The Morgan fingerprint density at radius 1 is 0.939 bits per heavy atom. The molecule has 5 aromatic rings. The third kappa shape index (κ3) is 4.03. The minimum Gasteiger partial charge on any atom is -0.378 e. The molecule has 0 radical (unpaired) electrons. The summed E-state index contributed by atoms with van der Waals surface area (Å²) < 4.78 is 5.43. The molecule has 4 N–H and O–H groups in total. The molecule has 4 heterocycles. The number of ether oxygens (including phenoxy) is 1. The molecule has 0 saturated carbocycles. The molecule has 6 rings (SSSR count). The molecule has 2 aromatic carbocycles. The van der Waals surface area contributed by atoms with Crippen molar-refractivity contribution >= 4 is 45.3 Å². The van der Waals surface area contributed by atoms with Crippen LogP contribution in [0.4, 0.5) is 23.1 Å². The Morgan fingerprint density at radius 3 is 2.64 bits per heavy atom. The number of nitrogens with one attached hydrogen (secondary N) is 4. The van der Waals surface area contributed by atoms with Crippen molar-refractivity contribution in [2.75, 3.05) is 41.8 Å². The highest BCUT2D eigenvalue weighted by Gasteiger charge is 2.13. The minimum atomic E-state index is 0.506. The molecular weight excluding hydrogens is 418 g/mol. The van der Waals surface area contributed by atoms with Crippen LogP contribution in [0.2, 0.25) is 0 Å². The second kappa shape index (κ2) is 8.40. The lowest BCUT2D eigenvalue weighted by molar-refractivity contribution is 0.122. The fourth-order valence-electron chi connectivity index (χ4n) is 3.99. The predicted octanol–water partition coefficient (Wildman–Crippen LogP) is 3.42. The maximum atomic E-state index is 5.43. The van der Waals surface area contributed by atoms with E-state index in [1.165, 1.54) is 12.0 Å². The highest BCUT2D eigenvalue weighted by molar-refractivity contribution is 5.85. The third-order valence-corrected chi connectivity index (χ3v) is 5.66. The second-order valence-corrected chi connectivity index (χ2v) is 7.83. The van der Waals surface area contributed by atoms with E-state index in [1.54, 1.807) is 0 Å². The molecular formula is C23H23N9O. The molecule has 0 amide bonds. The average Bonchev–Trinajstić information content (AvgIpc) is 3.47. The Morgan fingerprint density at radius 2 is 1.79 bits per heavy atom. The van der Waals surface area contributed by atoms with Gasteiger partial charge in [0.05, 0.1) is 30.8 Å².